The highest BCUT2D eigenvalue weighted by molar-refractivity contribution is 6.30. The lowest BCUT2D eigenvalue weighted by Gasteiger charge is -2.34. The van der Waals surface area contributed by atoms with Crippen LogP contribution in [0.2, 0.25) is 5.02 Å². The van der Waals surface area contributed by atoms with E-state index in [0.717, 1.165) is 51.3 Å². The van der Waals surface area contributed by atoms with Crippen molar-refractivity contribution in [3.8, 4) is 0 Å². The van der Waals surface area contributed by atoms with Gasteiger partial charge in [0.15, 0.2) is 0 Å². The first-order chi connectivity index (χ1) is 10.2. The number of hydrogen-bond donors (Lipinski definition) is 0. The molecule has 0 saturated carbocycles. The third kappa shape index (κ3) is 5.30. The molecule has 0 bridgehead atoms. The average Bonchev–Trinajstić information content (AvgIpc) is 2.48. The Hall–Kier alpha value is -1.10. The molecule has 0 atom stereocenters. The summed E-state index contributed by atoms with van der Waals surface area (Å²) in [7, 11) is 1.73. The number of piperazine rings is 1. The molecule has 1 aromatic rings. The van der Waals surface area contributed by atoms with Crippen molar-refractivity contribution in [1.82, 2.24) is 9.80 Å². The van der Waals surface area contributed by atoms with Gasteiger partial charge in [-0.1, -0.05) is 23.7 Å². The standard InChI is InChI=1S/C16H23ClN2O2/c1-21-11-3-6-18-7-9-19(10-8-18)16(20)13-14-4-2-5-15(17)12-14/h2,4-5,12H,3,6-11,13H2,1H3. The van der Waals surface area contributed by atoms with Crippen LogP contribution in [0.3, 0.4) is 0 Å². The number of carbonyl (C=O) groups is 1. The molecule has 0 radical (unpaired) electrons. The molecule has 1 aliphatic rings. The number of ether oxygens (including phenoxy) is 1. The number of halogens is 1. The van der Waals surface area contributed by atoms with Crippen LogP contribution in [0.25, 0.3) is 0 Å². The lowest BCUT2D eigenvalue weighted by atomic mass is 10.1. The van der Waals surface area contributed by atoms with Crippen LogP contribution in [-0.2, 0) is 16.0 Å². The van der Waals surface area contributed by atoms with E-state index in [9.17, 15) is 4.79 Å². The molecule has 0 N–H and O–H groups in total. The quantitative estimate of drug-likeness (QED) is 0.754. The SMILES string of the molecule is COCCCN1CCN(C(=O)Cc2cccc(Cl)c2)CC1. The molecule has 1 saturated heterocycles. The Bertz CT molecular complexity index is 459. The number of hydrogen-bond acceptors (Lipinski definition) is 3. The normalized spacial score (nSPS) is 16.2. The molecule has 1 amide bonds. The van der Waals surface area contributed by atoms with E-state index in [4.69, 9.17) is 16.3 Å². The van der Waals surface area contributed by atoms with E-state index in [1.54, 1.807) is 7.11 Å². The van der Waals surface area contributed by atoms with E-state index >= 15 is 0 Å². The monoisotopic (exact) mass is 310 g/mol. The molecule has 1 fully saturated rings. The van der Waals surface area contributed by atoms with Gasteiger partial charge < -0.3 is 9.64 Å². The highest BCUT2D eigenvalue weighted by atomic mass is 35.5. The molecule has 2 rings (SSSR count). The second kappa shape index (κ2) is 8.37. The fraction of sp³-hybridized carbons (Fsp3) is 0.562. The zero-order valence-electron chi connectivity index (χ0n) is 12.6. The molecule has 21 heavy (non-hydrogen) atoms. The third-order valence-corrected chi connectivity index (χ3v) is 4.03. The van der Waals surface area contributed by atoms with Gasteiger partial charge in [-0.3, -0.25) is 9.69 Å². The van der Waals surface area contributed by atoms with Crippen molar-refractivity contribution in [3.63, 3.8) is 0 Å². The fourth-order valence-electron chi connectivity index (χ4n) is 2.59. The number of rotatable bonds is 6. The van der Waals surface area contributed by atoms with Crippen LogP contribution in [0.15, 0.2) is 24.3 Å². The van der Waals surface area contributed by atoms with Crippen LogP contribution in [0.1, 0.15) is 12.0 Å². The number of nitrogens with zero attached hydrogens (tertiary/aromatic N) is 2. The number of carbonyl (C=O) groups excluding carboxylic acids is 1. The van der Waals surface area contributed by atoms with E-state index in [0.29, 0.717) is 11.4 Å². The number of methoxy groups -OCH3 is 1. The maximum atomic E-state index is 12.3. The van der Waals surface area contributed by atoms with Crippen LogP contribution in [-0.4, -0.2) is 62.1 Å². The first-order valence-corrected chi connectivity index (χ1v) is 7.80. The first kappa shape index (κ1) is 16.3. The summed E-state index contributed by atoms with van der Waals surface area (Å²) < 4.78 is 5.07. The molecular formula is C16H23ClN2O2. The van der Waals surface area contributed by atoms with Crippen molar-refractivity contribution in [2.24, 2.45) is 0 Å². The Balaban J connectivity index is 1.75. The maximum absolute atomic E-state index is 12.3. The van der Waals surface area contributed by atoms with E-state index in [1.807, 2.05) is 29.2 Å². The van der Waals surface area contributed by atoms with Crippen molar-refractivity contribution in [1.29, 1.82) is 0 Å². The Morgan fingerprint density at radius 2 is 2.05 bits per heavy atom. The van der Waals surface area contributed by atoms with Crippen molar-refractivity contribution in [2.45, 2.75) is 12.8 Å². The summed E-state index contributed by atoms with van der Waals surface area (Å²) in [5.41, 5.74) is 0.982. The average molecular weight is 311 g/mol. The first-order valence-electron chi connectivity index (χ1n) is 7.42. The van der Waals surface area contributed by atoms with Gasteiger partial charge in [-0.05, 0) is 24.1 Å². The van der Waals surface area contributed by atoms with Crippen LogP contribution < -0.4 is 0 Å². The van der Waals surface area contributed by atoms with Crippen molar-refractivity contribution in [2.75, 3.05) is 46.4 Å². The minimum atomic E-state index is 0.189. The molecule has 0 aromatic heterocycles. The minimum absolute atomic E-state index is 0.189. The zero-order chi connectivity index (χ0) is 15.1. The van der Waals surface area contributed by atoms with Crippen LogP contribution in [0, 0.1) is 0 Å². The molecule has 116 valence electrons. The summed E-state index contributed by atoms with van der Waals surface area (Å²) in [6.45, 7) is 5.37. The van der Waals surface area contributed by atoms with Crippen LogP contribution >= 0.6 is 11.6 Å². The van der Waals surface area contributed by atoms with E-state index < -0.39 is 0 Å². The van der Waals surface area contributed by atoms with Gasteiger partial charge in [-0.25, -0.2) is 0 Å². The summed E-state index contributed by atoms with van der Waals surface area (Å²) in [5.74, 6) is 0.189. The van der Waals surface area contributed by atoms with Gasteiger partial charge in [-0.15, -0.1) is 0 Å². The van der Waals surface area contributed by atoms with Gasteiger partial charge in [0.2, 0.25) is 5.91 Å². The Morgan fingerprint density at radius 3 is 2.71 bits per heavy atom. The minimum Gasteiger partial charge on any atom is -0.385 e. The largest absolute Gasteiger partial charge is 0.385 e. The molecule has 4 nitrogen and oxygen atoms in total. The Labute approximate surface area is 131 Å². The third-order valence-electron chi connectivity index (χ3n) is 3.79. The lowest BCUT2D eigenvalue weighted by molar-refractivity contribution is -0.132. The van der Waals surface area contributed by atoms with Gasteiger partial charge in [-0.2, -0.15) is 0 Å². The summed E-state index contributed by atoms with van der Waals surface area (Å²) in [4.78, 5) is 16.6. The van der Waals surface area contributed by atoms with E-state index in [-0.39, 0.29) is 5.91 Å². The van der Waals surface area contributed by atoms with Gasteiger partial charge >= 0.3 is 0 Å². The maximum Gasteiger partial charge on any atom is 0.227 e. The molecule has 0 unspecified atom stereocenters. The summed E-state index contributed by atoms with van der Waals surface area (Å²) >= 11 is 5.95. The van der Waals surface area contributed by atoms with Crippen molar-refractivity contribution >= 4 is 17.5 Å². The number of amides is 1. The smallest absolute Gasteiger partial charge is 0.227 e. The van der Waals surface area contributed by atoms with Crippen LogP contribution in [0.5, 0.6) is 0 Å². The predicted molar refractivity (Wildman–Crippen MR) is 84.7 cm³/mol. The lowest BCUT2D eigenvalue weighted by Crippen LogP contribution is -2.49. The second-order valence-corrected chi connectivity index (χ2v) is 5.81. The van der Waals surface area contributed by atoms with Gasteiger partial charge in [0.1, 0.15) is 0 Å². The second-order valence-electron chi connectivity index (χ2n) is 5.38. The van der Waals surface area contributed by atoms with E-state index in [1.165, 1.54) is 0 Å². The van der Waals surface area contributed by atoms with Crippen molar-refractivity contribution < 1.29 is 9.53 Å². The molecule has 0 aliphatic carbocycles. The Morgan fingerprint density at radius 1 is 1.29 bits per heavy atom. The summed E-state index contributed by atoms with van der Waals surface area (Å²) in [5, 5.41) is 0.684. The molecular weight excluding hydrogens is 288 g/mol. The van der Waals surface area contributed by atoms with Gasteiger partial charge in [0.25, 0.3) is 0 Å². The van der Waals surface area contributed by atoms with Crippen LogP contribution in [0.4, 0.5) is 0 Å². The summed E-state index contributed by atoms with van der Waals surface area (Å²) in [6.07, 6.45) is 1.48. The van der Waals surface area contributed by atoms with Crippen molar-refractivity contribution in [3.05, 3.63) is 34.9 Å². The highest BCUT2D eigenvalue weighted by Crippen LogP contribution is 2.13. The predicted octanol–water partition coefficient (Wildman–Crippen LogP) is 2.06. The molecule has 1 heterocycles. The zero-order valence-corrected chi connectivity index (χ0v) is 13.3. The van der Waals surface area contributed by atoms with Gasteiger partial charge in [0.05, 0.1) is 6.42 Å². The number of benzene rings is 1. The van der Waals surface area contributed by atoms with E-state index in [2.05, 4.69) is 4.90 Å². The fourth-order valence-corrected chi connectivity index (χ4v) is 2.80. The molecule has 0 spiro atoms. The van der Waals surface area contributed by atoms with Gasteiger partial charge in [0, 0.05) is 51.5 Å². The molecule has 1 aromatic carbocycles. The molecule has 1 aliphatic heterocycles. The summed E-state index contributed by atoms with van der Waals surface area (Å²) in [6, 6.07) is 7.53. The topological polar surface area (TPSA) is 32.8 Å². The molecule has 5 heteroatoms. The Kier molecular flexibility index (Phi) is 6.49. The highest BCUT2D eigenvalue weighted by Gasteiger charge is 2.20.